The molecule has 0 bridgehead atoms. The zero-order valence-corrected chi connectivity index (χ0v) is 13.8. The van der Waals surface area contributed by atoms with Crippen LogP contribution in [0.4, 0.5) is 13.2 Å². The van der Waals surface area contributed by atoms with Crippen LogP contribution in [0.5, 0.6) is 0 Å². The van der Waals surface area contributed by atoms with Gasteiger partial charge in [0, 0.05) is 24.4 Å². The predicted octanol–water partition coefficient (Wildman–Crippen LogP) is 5.11. The highest BCUT2D eigenvalue weighted by Gasteiger charge is 2.32. The normalized spacial score (nSPS) is 16.3. The Bertz CT molecular complexity index is 991. The maximum absolute atomic E-state index is 13.1. The molecule has 1 aromatic heterocycles. The average Bonchev–Trinajstić information content (AvgIpc) is 3.01. The monoisotopic (exact) mass is 352 g/mol. The largest absolute Gasteiger partial charge is 0.416 e. The lowest BCUT2D eigenvalue weighted by Crippen LogP contribution is -2.08. The summed E-state index contributed by atoms with van der Waals surface area (Å²) < 4.78 is 41.2. The fourth-order valence-electron chi connectivity index (χ4n) is 3.62. The first kappa shape index (κ1) is 16.5. The van der Waals surface area contributed by atoms with Gasteiger partial charge in [-0.1, -0.05) is 18.2 Å². The van der Waals surface area contributed by atoms with Crippen molar-refractivity contribution in [1.82, 2.24) is 4.57 Å². The van der Waals surface area contributed by atoms with Crippen molar-refractivity contribution in [2.75, 3.05) is 0 Å². The van der Waals surface area contributed by atoms with E-state index in [1.54, 1.807) is 18.2 Å². The van der Waals surface area contributed by atoms with Crippen molar-refractivity contribution in [2.24, 2.45) is 0 Å². The van der Waals surface area contributed by atoms with E-state index in [-0.39, 0.29) is 5.92 Å². The average molecular weight is 352 g/mol. The van der Waals surface area contributed by atoms with E-state index in [9.17, 15) is 13.2 Å². The summed E-state index contributed by atoms with van der Waals surface area (Å²) in [4.78, 5) is 0. The maximum atomic E-state index is 13.1. The Hall–Kier alpha value is -3.00. The molecule has 1 aliphatic heterocycles. The quantitative estimate of drug-likeness (QED) is 0.598. The van der Waals surface area contributed by atoms with Gasteiger partial charge in [-0.15, -0.1) is 0 Å². The molecule has 4 rings (SSSR count). The molecule has 2 aromatic carbocycles. The molecular weight excluding hydrogens is 337 g/mol. The van der Waals surface area contributed by atoms with E-state index in [4.69, 9.17) is 5.26 Å². The zero-order valence-electron chi connectivity index (χ0n) is 13.8. The van der Waals surface area contributed by atoms with Crippen molar-refractivity contribution in [3.8, 4) is 6.07 Å². The van der Waals surface area contributed by atoms with Crippen LogP contribution in [0.3, 0.4) is 0 Å². The van der Waals surface area contributed by atoms with Crippen molar-refractivity contribution in [3.05, 3.63) is 94.3 Å². The molecule has 0 fully saturated rings. The highest BCUT2D eigenvalue weighted by molar-refractivity contribution is 5.42. The number of fused-ring (bicyclic) bond motifs is 2. The Balaban J connectivity index is 1.80. The van der Waals surface area contributed by atoms with E-state index in [0.717, 1.165) is 22.9 Å². The summed E-state index contributed by atoms with van der Waals surface area (Å²) in [6.45, 7) is 0.425. The first-order valence-corrected chi connectivity index (χ1v) is 8.30. The van der Waals surface area contributed by atoms with Crippen molar-refractivity contribution >= 4 is 0 Å². The van der Waals surface area contributed by atoms with Crippen LogP contribution >= 0.6 is 0 Å². The molecule has 1 atom stereocenters. The Labute approximate surface area is 149 Å². The molecule has 2 nitrogen and oxygen atoms in total. The smallest absolute Gasteiger partial charge is 0.346 e. The Morgan fingerprint density at radius 1 is 1.00 bits per heavy atom. The van der Waals surface area contributed by atoms with Gasteiger partial charge in [0.15, 0.2) is 0 Å². The molecular formula is C21H15F3N2. The molecule has 0 N–H and O–H groups in total. The SMILES string of the molecule is N#Cc1ccc([C@H]2Cc3ccc(C(F)(F)F)cc3Cn3cccc32)cc1. The summed E-state index contributed by atoms with van der Waals surface area (Å²) in [6, 6.07) is 17.5. The molecule has 0 saturated heterocycles. The van der Waals surface area contributed by atoms with E-state index >= 15 is 0 Å². The van der Waals surface area contributed by atoms with E-state index in [1.807, 2.05) is 35.0 Å². The summed E-state index contributed by atoms with van der Waals surface area (Å²) >= 11 is 0. The first-order chi connectivity index (χ1) is 12.5. The Morgan fingerprint density at radius 3 is 2.46 bits per heavy atom. The summed E-state index contributed by atoms with van der Waals surface area (Å²) in [5.41, 5.74) is 3.73. The number of alkyl halides is 3. The molecule has 26 heavy (non-hydrogen) atoms. The van der Waals surface area contributed by atoms with Gasteiger partial charge in [-0.3, -0.25) is 0 Å². The van der Waals surface area contributed by atoms with Gasteiger partial charge >= 0.3 is 6.18 Å². The summed E-state index contributed by atoms with van der Waals surface area (Å²) in [6.07, 6.45) is -1.81. The first-order valence-electron chi connectivity index (χ1n) is 8.30. The molecule has 130 valence electrons. The minimum atomic E-state index is -4.34. The second kappa shape index (κ2) is 6.06. The van der Waals surface area contributed by atoms with Gasteiger partial charge in [-0.05, 0) is 59.5 Å². The zero-order chi connectivity index (χ0) is 18.3. The van der Waals surface area contributed by atoms with Gasteiger partial charge in [-0.2, -0.15) is 18.4 Å². The Morgan fingerprint density at radius 2 is 1.77 bits per heavy atom. The number of halogens is 3. The molecule has 0 amide bonds. The minimum absolute atomic E-state index is 0.0377. The van der Waals surface area contributed by atoms with Gasteiger partial charge in [0.1, 0.15) is 0 Å². The minimum Gasteiger partial charge on any atom is -0.346 e. The molecule has 3 aromatic rings. The Kier molecular flexibility index (Phi) is 3.84. The standard InChI is InChI=1S/C21H15F3N2/c22-21(23,24)18-8-7-16-11-19(15-5-3-14(12-25)4-6-15)20-2-1-9-26(20)13-17(16)10-18/h1-10,19H,11,13H2/t19-/m1/s1. The highest BCUT2D eigenvalue weighted by atomic mass is 19.4. The van der Waals surface area contributed by atoms with E-state index < -0.39 is 11.7 Å². The lowest BCUT2D eigenvalue weighted by Gasteiger charge is -2.17. The number of benzene rings is 2. The molecule has 0 spiro atoms. The van der Waals surface area contributed by atoms with E-state index in [2.05, 4.69) is 6.07 Å². The number of hydrogen-bond donors (Lipinski definition) is 0. The van der Waals surface area contributed by atoms with E-state index in [0.29, 0.717) is 24.1 Å². The van der Waals surface area contributed by atoms with Crippen LogP contribution in [0.1, 0.15) is 39.4 Å². The third kappa shape index (κ3) is 2.88. The second-order valence-corrected chi connectivity index (χ2v) is 6.53. The van der Waals surface area contributed by atoms with E-state index in [1.165, 1.54) is 6.07 Å². The van der Waals surface area contributed by atoms with Crippen LogP contribution in [0.2, 0.25) is 0 Å². The number of hydrogen-bond acceptors (Lipinski definition) is 1. The van der Waals surface area contributed by atoms with Crippen LogP contribution in [-0.4, -0.2) is 4.57 Å². The number of nitriles is 1. The third-order valence-electron chi connectivity index (χ3n) is 4.96. The fourth-order valence-corrected chi connectivity index (χ4v) is 3.62. The highest BCUT2D eigenvalue weighted by Crippen LogP contribution is 2.36. The lowest BCUT2D eigenvalue weighted by molar-refractivity contribution is -0.137. The van der Waals surface area contributed by atoms with Crippen molar-refractivity contribution in [2.45, 2.75) is 25.1 Å². The molecule has 0 saturated carbocycles. The summed E-state index contributed by atoms with van der Waals surface area (Å²) in [5, 5.41) is 8.98. The van der Waals surface area contributed by atoms with Gasteiger partial charge in [0.25, 0.3) is 0 Å². The van der Waals surface area contributed by atoms with Gasteiger partial charge in [0.05, 0.1) is 17.2 Å². The molecule has 0 aliphatic carbocycles. The number of rotatable bonds is 1. The maximum Gasteiger partial charge on any atom is 0.416 e. The van der Waals surface area contributed by atoms with Crippen molar-refractivity contribution in [1.29, 1.82) is 5.26 Å². The predicted molar refractivity (Wildman–Crippen MR) is 91.7 cm³/mol. The van der Waals surface area contributed by atoms with Gasteiger partial charge < -0.3 is 4.57 Å². The number of nitrogens with zero attached hydrogens (tertiary/aromatic N) is 2. The van der Waals surface area contributed by atoms with Crippen LogP contribution in [0.15, 0.2) is 60.8 Å². The van der Waals surface area contributed by atoms with Gasteiger partial charge in [-0.25, -0.2) is 0 Å². The molecule has 1 aliphatic rings. The van der Waals surface area contributed by atoms with Crippen molar-refractivity contribution in [3.63, 3.8) is 0 Å². The van der Waals surface area contributed by atoms with Crippen LogP contribution in [-0.2, 0) is 19.1 Å². The van der Waals surface area contributed by atoms with Gasteiger partial charge in [0.2, 0.25) is 0 Å². The molecule has 0 radical (unpaired) electrons. The molecule has 0 unspecified atom stereocenters. The third-order valence-corrected chi connectivity index (χ3v) is 4.96. The topological polar surface area (TPSA) is 28.7 Å². The number of aromatic nitrogens is 1. The molecule has 5 heteroatoms. The summed E-state index contributed by atoms with van der Waals surface area (Å²) in [7, 11) is 0. The summed E-state index contributed by atoms with van der Waals surface area (Å²) in [5.74, 6) is 0.0377. The van der Waals surface area contributed by atoms with Crippen molar-refractivity contribution < 1.29 is 13.2 Å². The lowest BCUT2D eigenvalue weighted by atomic mass is 9.88. The molecule has 2 heterocycles. The second-order valence-electron chi connectivity index (χ2n) is 6.53. The van der Waals surface area contributed by atoms with Crippen LogP contribution in [0.25, 0.3) is 0 Å². The van der Waals surface area contributed by atoms with Crippen LogP contribution in [0, 0.1) is 11.3 Å². The van der Waals surface area contributed by atoms with Crippen LogP contribution < -0.4 is 0 Å². The fraction of sp³-hybridized carbons (Fsp3) is 0.190.